The van der Waals surface area contributed by atoms with E-state index in [-0.39, 0.29) is 11.3 Å². The van der Waals surface area contributed by atoms with Crippen LogP contribution in [0.2, 0.25) is 5.02 Å². The first-order chi connectivity index (χ1) is 21.1. The smallest absolute Gasteiger partial charge is 0.314 e. The monoisotopic (exact) mass is 601 g/mol. The Morgan fingerprint density at radius 2 is 1.63 bits per heavy atom. The number of hydrogen-bond donors (Lipinski definition) is 1. The first kappa shape index (κ1) is 25.9. The predicted molar refractivity (Wildman–Crippen MR) is 170 cm³/mol. The molecular formula is C34H24ClN5O2S. The minimum atomic E-state index is -1.32. The van der Waals surface area contributed by atoms with Gasteiger partial charge < -0.3 is 4.74 Å². The van der Waals surface area contributed by atoms with Crippen molar-refractivity contribution in [2.75, 3.05) is 0 Å². The number of rotatable bonds is 4. The number of amides is 1. The number of ether oxygens (including phenoxy) is 1. The van der Waals surface area contributed by atoms with Crippen LogP contribution in [0.15, 0.2) is 125 Å². The van der Waals surface area contributed by atoms with Gasteiger partial charge in [0.05, 0.1) is 28.0 Å². The van der Waals surface area contributed by atoms with E-state index >= 15 is 0 Å². The van der Waals surface area contributed by atoms with Gasteiger partial charge in [0.2, 0.25) is 0 Å². The quantitative estimate of drug-likeness (QED) is 0.227. The Labute approximate surface area is 257 Å². The van der Waals surface area contributed by atoms with Crippen molar-refractivity contribution in [3.05, 3.63) is 142 Å². The van der Waals surface area contributed by atoms with E-state index < -0.39 is 5.85 Å². The van der Waals surface area contributed by atoms with Gasteiger partial charge in [-0.1, -0.05) is 90.5 Å². The molecule has 4 aromatic carbocycles. The largest absolute Gasteiger partial charge is 0.444 e. The molecular weight excluding hydrogens is 578 g/mol. The van der Waals surface area contributed by atoms with Gasteiger partial charge in [0.25, 0.3) is 5.24 Å². The number of thioether (sulfide) groups is 1. The van der Waals surface area contributed by atoms with Crippen LogP contribution in [0.1, 0.15) is 29.2 Å². The molecule has 4 heterocycles. The van der Waals surface area contributed by atoms with Crippen LogP contribution in [0.25, 0.3) is 23.0 Å². The van der Waals surface area contributed by atoms with E-state index in [1.807, 2.05) is 113 Å². The number of hydrazone groups is 1. The summed E-state index contributed by atoms with van der Waals surface area (Å²) in [4.78, 5) is 13.9. The van der Waals surface area contributed by atoms with E-state index in [2.05, 4.69) is 23.5 Å². The zero-order valence-electron chi connectivity index (χ0n) is 22.7. The lowest BCUT2D eigenvalue weighted by Gasteiger charge is -2.45. The summed E-state index contributed by atoms with van der Waals surface area (Å²) in [6.45, 7) is 0. The van der Waals surface area contributed by atoms with Crippen LogP contribution < -0.4 is 10.1 Å². The minimum Gasteiger partial charge on any atom is -0.444 e. The van der Waals surface area contributed by atoms with Gasteiger partial charge in [-0.25, -0.2) is 9.69 Å². The molecule has 1 saturated heterocycles. The molecule has 3 aliphatic rings. The van der Waals surface area contributed by atoms with Crippen molar-refractivity contribution in [2.45, 2.75) is 18.3 Å². The predicted octanol–water partition coefficient (Wildman–Crippen LogP) is 7.89. The summed E-state index contributed by atoms with van der Waals surface area (Å²) in [5.41, 5.74) is 6.43. The molecule has 210 valence electrons. The average Bonchev–Trinajstić information content (AvgIpc) is 3.75. The van der Waals surface area contributed by atoms with Gasteiger partial charge in [-0.15, -0.1) is 0 Å². The third-order valence-corrected chi connectivity index (χ3v) is 9.01. The molecule has 43 heavy (non-hydrogen) atoms. The topological polar surface area (TPSA) is 71.8 Å². The highest BCUT2D eigenvalue weighted by atomic mass is 35.5. The van der Waals surface area contributed by atoms with Crippen LogP contribution in [-0.2, 0) is 0 Å². The molecule has 1 N–H and O–H groups in total. The van der Waals surface area contributed by atoms with Crippen LogP contribution in [0.5, 0.6) is 5.75 Å². The number of carbonyl (C=O) groups is 1. The van der Waals surface area contributed by atoms with Gasteiger partial charge in [-0.2, -0.15) is 10.2 Å². The highest BCUT2D eigenvalue weighted by Gasteiger charge is 2.58. The number of nitrogens with one attached hydrogen (secondary N) is 1. The number of nitrogens with zero attached hydrogens (tertiary/aromatic N) is 4. The Bertz CT molecular complexity index is 1920. The Morgan fingerprint density at radius 3 is 2.42 bits per heavy atom. The van der Waals surface area contributed by atoms with Gasteiger partial charge in [0.15, 0.2) is 0 Å². The maximum absolute atomic E-state index is 13.2. The third kappa shape index (κ3) is 4.42. The average molecular weight is 602 g/mol. The van der Waals surface area contributed by atoms with Crippen molar-refractivity contribution >= 4 is 40.4 Å². The number of carbonyl (C=O) groups excluding carboxylic acids is 1. The summed E-state index contributed by atoms with van der Waals surface area (Å²) >= 11 is 7.33. The molecule has 0 aliphatic carbocycles. The molecule has 2 atom stereocenters. The van der Waals surface area contributed by atoms with Crippen LogP contribution >= 0.6 is 23.4 Å². The van der Waals surface area contributed by atoms with Gasteiger partial charge >= 0.3 is 5.85 Å². The van der Waals surface area contributed by atoms with E-state index in [0.29, 0.717) is 16.3 Å². The number of benzene rings is 4. The second-order valence-electron chi connectivity index (χ2n) is 10.5. The molecule has 0 saturated carbocycles. The zero-order chi connectivity index (χ0) is 29.0. The lowest BCUT2D eigenvalue weighted by molar-refractivity contribution is -0.0949. The van der Waals surface area contributed by atoms with E-state index in [4.69, 9.17) is 26.5 Å². The van der Waals surface area contributed by atoms with Gasteiger partial charge in [0, 0.05) is 34.3 Å². The molecule has 1 amide bonds. The van der Waals surface area contributed by atoms with Gasteiger partial charge in [0.1, 0.15) is 5.75 Å². The van der Waals surface area contributed by atoms with Crippen LogP contribution in [0, 0.1) is 0 Å². The summed E-state index contributed by atoms with van der Waals surface area (Å²) in [7, 11) is 0. The molecule has 0 radical (unpaired) electrons. The fraction of sp³-hybridized carbons (Fsp3) is 0.0882. The molecule has 1 fully saturated rings. The zero-order valence-corrected chi connectivity index (χ0v) is 24.3. The van der Waals surface area contributed by atoms with E-state index in [0.717, 1.165) is 56.9 Å². The Morgan fingerprint density at radius 1 is 0.907 bits per heavy atom. The first-order valence-corrected chi connectivity index (χ1v) is 15.1. The maximum Gasteiger partial charge on any atom is 0.314 e. The van der Waals surface area contributed by atoms with Crippen LogP contribution in [0.3, 0.4) is 0 Å². The van der Waals surface area contributed by atoms with Crippen molar-refractivity contribution in [1.82, 2.24) is 20.1 Å². The molecule has 0 bridgehead atoms. The normalized spacial score (nSPS) is 21.4. The number of fused-ring (bicyclic) bond motifs is 4. The maximum atomic E-state index is 13.2. The van der Waals surface area contributed by atoms with Gasteiger partial charge in [-0.3, -0.25) is 10.1 Å². The fourth-order valence-corrected chi connectivity index (χ4v) is 6.88. The third-order valence-electron chi connectivity index (χ3n) is 7.85. The second kappa shape index (κ2) is 10.2. The lowest BCUT2D eigenvalue weighted by Crippen LogP contribution is -2.61. The number of aromatic nitrogens is 2. The van der Waals surface area contributed by atoms with Crippen molar-refractivity contribution in [3.8, 4) is 22.7 Å². The molecule has 8 rings (SSSR count). The van der Waals surface area contributed by atoms with Crippen molar-refractivity contribution in [1.29, 1.82) is 0 Å². The highest BCUT2D eigenvalue weighted by Crippen LogP contribution is 2.53. The van der Waals surface area contributed by atoms with Crippen molar-refractivity contribution < 1.29 is 9.53 Å². The number of para-hydroxylation sites is 2. The summed E-state index contributed by atoms with van der Waals surface area (Å²) in [5, 5.41) is 15.6. The van der Waals surface area contributed by atoms with Gasteiger partial charge in [-0.05, 0) is 53.7 Å². The summed E-state index contributed by atoms with van der Waals surface area (Å²) < 4.78 is 8.59. The van der Waals surface area contributed by atoms with Crippen LogP contribution in [-0.4, -0.2) is 31.6 Å². The minimum absolute atomic E-state index is 0.120. The molecule has 2 unspecified atom stereocenters. The molecule has 7 nitrogen and oxygen atoms in total. The van der Waals surface area contributed by atoms with E-state index in [9.17, 15) is 4.79 Å². The number of halogens is 1. The van der Waals surface area contributed by atoms with Crippen molar-refractivity contribution in [2.24, 2.45) is 5.10 Å². The van der Waals surface area contributed by atoms with Crippen molar-refractivity contribution in [3.63, 3.8) is 0 Å². The molecule has 1 spiro atoms. The van der Waals surface area contributed by atoms with E-state index in [1.54, 1.807) is 0 Å². The van der Waals surface area contributed by atoms with Crippen LogP contribution in [0.4, 0.5) is 4.79 Å². The Hall–Kier alpha value is -4.79. The standard InChI is InChI=1S/C34H24ClN5O2S/c35-25-17-15-23(16-18-25)32-24(21-39(38-32)26-11-5-2-6-12-26)19-31-34(36-33(41)43-31)40-29(27-13-7-8-14-30(27)42-34)20-28(37-40)22-9-3-1-4-10-22/h1-19,21,29H,20H2,(H,36,41)/b31-19-. The molecule has 1 aromatic heterocycles. The highest BCUT2D eigenvalue weighted by molar-refractivity contribution is 8.17. The Kier molecular flexibility index (Phi) is 6.13. The summed E-state index contributed by atoms with van der Waals surface area (Å²) in [6.07, 6.45) is 4.64. The summed E-state index contributed by atoms with van der Waals surface area (Å²) in [6, 6.07) is 35.5. The first-order valence-electron chi connectivity index (χ1n) is 13.9. The fourth-order valence-electron chi connectivity index (χ4n) is 5.85. The number of hydrogen-bond acceptors (Lipinski definition) is 6. The van der Waals surface area contributed by atoms with E-state index in [1.165, 1.54) is 0 Å². The summed E-state index contributed by atoms with van der Waals surface area (Å²) in [5.74, 6) is -0.594. The Balaban J connectivity index is 1.30. The second-order valence-corrected chi connectivity index (χ2v) is 12.0. The SMILES string of the molecule is O=C1NC2(Oc3ccccc3C3CC(c4ccccc4)=NN32)/C(=C/c2cn(-c3ccccc3)nc2-c2ccc(Cl)cc2)S1. The molecule has 3 aliphatic heterocycles. The molecule has 9 heteroatoms. The lowest BCUT2D eigenvalue weighted by atomic mass is 9.95. The molecule has 5 aromatic rings.